The van der Waals surface area contributed by atoms with E-state index in [1.165, 1.54) is 16.8 Å². The van der Waals surface area contributed by atoms with Gasteiger partial charge in [0.15, 0.2) is 0 Å². The fraction of sp³-hybridized carbons (Fsp3) is 0.200. The molecule has 0 fully saturated rings. The summed E-state index contributed by atoms with van der Waals surface area (Å²) in [4.78, 5) is 23.1. The number of aromatic nitrogens is 2. The van der Waals surface area contributed by atoms with Crippen molar-refractivity contribution in [1.29, 1.82) is 0 Å². The van der Waals surface area contributed by atoms with Crippen LogP contribution in [0.2, 0.25) is 0 Å². The lowest BCUT2D eigenvalue weighted by molar-refractivity contribution is -0.384. The second-order valence-corrected chi connectivity index (χ2v) is 6.57. The molecule has 0 aliphatic carbocycles. The third kappa shape index (κ3) is 4.20. The molecular formula is C20H20N4O3. The zero-order valence-electron chi connectivity index (χ0n) is 15.1. The number of nitrogens with zero attached hydrogens (tertiary/aromatic N) is 3. The monoisotopic (exact) mass is 364 g/mol. The SMILES string of the molecule is CC(C)CNC(=O)c1cc(-c2ccccc2)nn1-c1ccc([N+](=O)[O-])cc1. The zero-order chi connectivity index (χ0) is 19.4. The Morgan fingerprint density at radius 3 is 2.41 bits per heavy atom. The minimum atomic E-state index is -0.460. The highest BCUT2D eigenvalue weighted by atomic mass is 16.6. The molecule has 7 heteroatoms. The van der Waals surface area contributed by atoms with Gasteiger partial charge in [-0.1, -0.05) is 44.2 Å². The number of rotatable bonds is 6. The quantitative estimate of drug-likeness (QED) is 0.531. The smallest absolute Gasteiger partial charge is 0.270 e. The van der Waals surface area contributed by atoms with E-state index in [0.717, 1.165) is 5.56 Å². The number of nitro groups is 1. The molecule has 0 atom stereocenters. The molecule has 1 amide bonds. The molecule has 0 saturated carbocycles. The molecule has 0 radical (unpaired) electrons. The van der Waals surface area contributed by atoms with Crippen LogP contribution in [0.15, 0.2) is 60.7 Å². The Morgan fingerprint density at radius 2 is 1.81 bits per heavy atom. The number of hydrogen-bond acceptors (Lipinski definition) is 4. The number of hydrogen-bond donors (Lipinski definition) is 1. The molecule has 0 unspecified atom stereocenters. The summed E-state index contributed by atoms with van der Waals surface area (Å²) < 4.78 is 1.52. The van der Waals surface area contributed by atoms with Crippen molar-refractivity contribution in [2.45, 2.75) is 13.8 Å². The molecule has 3 aromatic rings. The van der Waals surface area contributed by atoms with Crippen molar-refractivity contribution in [3.05, 3.63) is 76.5 Å². The third-order valence-electron chi connectivity index (χ3n) is 3.99. The van der Waals surface area contributed by atoms with Crippen LogP contribution in [0.4, 0.5) is 5.69 Å². The van der Waals surface area contributed by atoms with Crippen LogP contribution in [0, 0.1) is 16.0 Å². The highest BCUT2D eigenvalue weighted by molar-refractivity contribution is 5.94. The van der Waals surface area contributed by atoms with Crippen LogP contribution >= 0.6 is 0 Å². The summed E-state index contributed by atoms with van der Waals surface area (Å²) >= 11 is 0. The van der Waals surface area contributed by atoms with E-state index in [1.54, 1.807) is 18.2 Å². The summed E-state index contributed by atoms with van der Waals surface area (Å²) in [5.74, 6) is 0.0787. The normalized spacial score (nSPS) is 10.8. The first-order valence-electron chi connectivity index (χ1n) is 8.64. The Bertz CT molecular complexity index is 947. The maximum Gasteiger partial charge on any atom is 0.270 e. The van der Waals surface area contributed by atoms with Crippen molar-refractivity contribution in [3.8, 4) is 16.9 Å². The summed E-state index contributed by atoms with van der Waals surface area (Å²) in [7, 11) is 0. The highest BCUT2D eigenvalue weighted by Gasteiger charge is 2.18. The summed E-state index contributed by atoms with van der Waals surface area (Å²) in [5, 5.41) is 18.3. The van der Waals surface area contributed by atoms with Gasteiger partial charge in [-0.3, -0.25) is 14.9 Å². The number of non-ortho nitro benzene ring substituents is 1. The Morgan fingerprint density at radius 1 is 1.15 bits per heavy atom. The minimum Gasteiger partial charge on any atom is -0.350 e. The molecule has 7 nitrogen and oxygen atoms in total. The molecule has 27 heavy (non-hydrogen) atoms. The highest BCUT2D eigenvalue weighted by Crippen LogP contribution is 2.23. The van der Waals surface area contributed by atoms with Crippen molar-refractivity contribution in [3.63, 3.8) is 0 Å². The van der Waals surface area contributed by atoms with Crippen LogP contribution in [0.25, 0.3) is 16.9 Å². The van der Waals surface area contributed by atoms with E-state index in [0.29, 0.717) is 29.5 Å². The van der Waals surface area contributed by atoms with E-state index in [4.69, 9.17) is 0 Å². The third-order valence-corrected chi connectivity index (χ3v) is 3.99. The maximum atomic E-state index is 12.7. The van der Waals surface area contributed by atoms with Crippen molar-refractivity contribution >= 4 is 11.6 Å². The van der Waals surface area contributed by atoms with Crippen LogP contribution in [-0.2, 0) is 0 Å². The largest absolute Gasteiger partial charge is 0.350 e. The molecule has 0 aliphatic rings. The molecular weight excluding hydrogens is 344 g/mol. The summed E-state index contributed by atoms with van der Waals surface area (Å²) in [6.45, 7) is 4.58. The average molecular weight is 364 g/mol. The Balaban J connectivity index is 2.03. The van der Waals surface area contributed by atoms with Gasteiger partial charge in [0, 0.05) is 24.2 Å². The standard InChI is InChI=1S/C20H20N4O3/c1-14(2)13-21-20(25)19-12-18(15-6-4-3-5-7-15)22-23(19)16-8-10-17(11-9-16)24(26)27/h3-12,14H,13H2,1-2H3,(H,21,25). The fourth-order valence-electron chi connectivity index (χ4n) is 2.59. The topological polar surface area (TPSA) is 90.1 Å². The summed E-state index contributed by atoms with van der Waals surface area (Å²) in [6, 6.07) is 17.2. The van der Waals surface area contributed by atoms with Gasteiger partial charge in [0.2, 0.25) is 0 Å². The first kappa shape index (κ1) is 18.3. The molecule has 0 aliphatic heterocycles. The average Bonchev–Trinajstić information content (AvgIpc) is 3.12. The second kappa shape index (κ2) is 7.82. The van der Waals surface area contributed by atoms with E-state index in [1.807, 2.05) is 44.2 Å². The fourth-order valence-corrected chi connectivity index (χ4v) is 2.59. The van der Waals surface area contributed by atoms with Crippen molar-refractivity contribution in [1.82, 2.24) is 15.1 Å². The van der Waals surface area contributed by atoms with Gasteiger partial charge in [-0.25, -0.2) is 4.68 Å². The molecule has 2 aromatic carbocycles. The van der Waals surface area contributed by atoms with Gasteiger partial charge in [-0.2, -0.15) is 5.10 Å². The van der Waals surface area contributed by atoms with E-state index >= 15 is 0 Å². The molecule has 1 N–H and O–H groups in total. The van der Waals surface area contributed by atoms with Gasteiger partial charge in [-0.05, 0) is 24.1 Å². The second-order valence-electron chi connectivity index (χ2n) is 6.57. The number of nitro benzene ring substituents is 1. The van der Waals surface area contributed by atoms with Gasteiger partial charge < -0.3 is 5.32 Å². The maximum absolute atomic E-state index is 12.7. The molecule has 1 heterocycles. The Labute approximate surface area is 156 Å². The molecule has 1 aromatic heterocycles. The number of nitrogens with one attached hydrogen (secondary N) is 1. The van der Waals surface area contributed by atoms with Crippen molar-refractivity contribution < 1.29 is 9.72 Å². The minimum absolute atomic E-state index is 0.0139. The predicted octanol–water partition coefficient (Wildman–Crippen LogP) is 3.83. The number of amides is 1. The molecule has 0 spiro atoms. The Hall–Kier alpha value is -3.48. The first-order valence-corrected chi connectivity index (χ1v) is 8.64. The first-order chi connectivity index (χ1) is 13.0. The van der Waals surface area contributed by atoms with Crippen LogP contribution in [-0.4, -0.2) is 27.2 Å². The van der Waals surface area contributed by atoms with Gasteiger partial charge in [0.05, 0.1) is 16.3 Å². The summed E-state index contributed by atoms with van der Waals surface area (Å²) in [6.07, 6.45) is 0. The molecule has 0 bridgehead atoms. The Kier molecular flexibility index (Phi) is 5.30. The number of carbonyl (C=O) groups excluding carboxylic acids is 1. The van der Waals surface area contributed by atoms with Crippen LogP contribution in [0.1, 0.15) is 24.3 Å². The lowest BCUT2D eigenvalue weighted by Crippen LogP contribution is -2.29. The van der Waals surface area contributed by atoms with Crippen molar-refractivity contribution in [2.75, 3.05) is 6.54 Å². The van der Waals surface area contributed by atoms with Crippen LogP contribution < -0.4 is 5.32 Å². The van der Waals surface area contributed by atoms with E-state index in [-0.39, 0.29) is 11.6 Å². The lowest BCUT2D eigenvalue weighted by Gasteiger charge is -2.09. The number of benzene rings is 2. The van der Waals surface area contributed by atoms with E-state index < -0.39 is 4.92 Å². The number of carbonyl (C=O) groups is 1. The molecule has 3 rings (SSSR count). The van der Waals surface area contributed by atoms with Gasteiger partial charge in [0.25, 0.3) is 11.6 Å². The summed E-state index contributed by atoms with van der Waals surface area (Å²) in [5.41, 5.74) is 2.49. The predicted molar refractivity (Wildman–Crippen MR) is 103 cm³/mol. The lowest BCUT2D eigenvalue weighted by atomic mass is 10.1. The van der Waals surface area contributed by atoms with Crippen molar-refractivity contribution in [2.24, 2.45) is 5.92 Å². The van der Waals surface area contributed by atoms with Crippen LogP contribution in [0.3, 0.4) is 0 Å². The van der Waals surface area contributed by atoms with Gasteiger partial charge in [0.1, 0.15) is 5.69 Å². The van der Waals surface area contributed by atoms with E-state index in [2.05, 4.69) is 10.4 Å². The van der Waals surface area contributed by atoms with Crippen LogP contribution in [0.5, 0.6) is 0 Å². The zero-order valence-corrected chi connectivity index (χ0v) is 15.1. The van der Waals surface area contributed by atoms with Gasteiger partial charge >= 0.3 is 0 Å². The molecule has 138 valence electrons. The van der Waals surface area contributed by atoms with E-state index in [9.17, 15) is 14.9 Å². The molecule has 0 saturated heterocycles. The van der Waals surface area contributed by atoms with Gasteiger partial charge in [-0.15, -0.1) is 0 Å².